The molecule has 7 nitrogen and oxygen atoms in total. The molecule has 1 saturated carbocycles. The van der Waals surface area contributed by atoms with E-state index < -0.39 is 11.8 Å². The zero-order valence-corrected chi connectivity index (χ0v) is 14.0. The van der Waals surface area contributed by atoms with Gasteiger partial charge in [0.2, 0.25) is 0 Å². The van der Waals surface area contributed by atoms with E-state index in [1.54, 1.807) is 25.3 Å². The number of benzene rings is 1. The van der Waals surface area contributed by atoms with Gasteiger partial charge in [-0.25, -0.2) is 5.43 Å². The third-order valence-corrected chi connectivity index (χ3v) is 3.95. The molecule has 1 aliphatic rings. The fraction of sp³-hybridized carbons (Fsp3) is 0.471. The SMILES string of the molecule is COc1ccc(OC)c(/C=N\NC(=O)C(=O)NC2CCCCC2)c1. The van der Waals surface area contributed by atoms with Crippen LogP contribution in [0.25, 0.3) is 0 Å². The summed E-state index contributed by atoms with van der Waals surface area (Å²) >= 11 is 0. The van der Waals surface area contributed by atoms with Crippen LogP contribution in [0, 0.1) is 0 Å². The molecule has 24 heavy (non-hydrogen) atoms. The lowest BCUT2D eigenvalue weighted by Gasteiger charge is -2.22. The van der Waals surface area contributed by atoms with Crippen LogP contribution in [0.3, 0.4) is 0 Å². The van der Waals surface area contributed by atoms with E-state index in [0.717, 1.165) is 25.7 Å². The van der Waals surface area contributed by atoms with Gasteiger partial charge in [0.25, 0.3) is 0 Å². The Labute approximate surface area is 141 Å². The number of nitrogens with zero attached hydrogens (tertiary/aromatic N) is 1. The van der Waals surface area contributed by atoms with Gasteiger partial charge in [0.05, 0.1) is 20.4 Å². The van der Waals surface area contributed by atoms with Gasteiger partial charge in [0.1, 0.15) is 11.5 Å². The minimum Gasteiger partial charge on any atom is -0.497 e. The highest BCUT2D eigenvalue weighted by atomic mass is 16.5. The molecule has 2 N–H and O–H groups in total. The molecule has 0 bridgehead atoms. The lowest BCUT2D eigenvalue weighted by Crippen LogP contribution is -2.44. The van der Waals surface area contributed by atoms with Crippen LogP contribution in [0.1, 0.15) is 37.7 Å². The molecule has 2 rings (SSSR count). The second kappa shape index (κ2) is 8.90. The van der Waals surface area contributed by atoms with Gasteiger partial charge in [-0.3, -0.25) is 9.59 Å². The molecule has 130 valence electrons. The molecule has 0 atom stereocenters. The number of carbonyl (C=O) groups is 2. The Balaban J connectivity index is 1.90. The predicted molar refractivity (Wildman–Crippen MR) is 90.3 cm³/mol. The van der Waals surface area contributed by atoms with E-state index in [-0.39, 0.29) is 6.04 Å². The Hall–Kier alpha value is -2.57. The fourth-order valence-corrected chi connectivity index (χ4v) is 2.65. The van der Waals surface area contributed by atoms with Crippen molar-refractivity contribution in [2.24, 2.45) is 5.10 Å². The van der Waals surface area contributed by atoms with Gasteiger partial charge < -0.3 is 14.8 Å². The Kier molecular flexibility index (Phi) is 6.60. The van der Waals surface area contributed by atoms with Gasteiger partial charge in [-0.05, 0) is 31.0 Å². The molecular weight excluding hydrogens is 310 g/mol. The molecule has 0 aliphatic heterocycles. The van der Waals surface area contributed by atoms with E-state index >= 15 is 0 Å². The number of ether oxygens (including phenoxy) is 2. The van der Waals surface area contributed by atoms with E-state index in [0.29, 0.717) is 17.1 Å². The van der Waals surface area contributed by atoms with E-state index in [1.807, 2.05) is 0 Å². The highest BCUT2D eigenvalue weighted by Gasteiger charge is 2.19. The molecule has 2 amide bonds. The zero-order valence-electron chi connectivity index (χ0n) is 14.0. The summed E-state index contributed by atoms with van der Waals surface area (Å²) in [7, 11) is 3.09. The topological polar surface area (TPSA) is 89.0 Å². The maximum absolute atomic E-state index is 11.8. The van der Waals surface area contributed by atoms with Crippen molar-refractivity contribution < 1.29 is 19.1 Å². The first-order valence-electron chi connectivity index (χ1n) is 8.00. The van der Waals surface area contributed by atoms with E-state index in [1.165, 1.54) is 19.7 Å². The quantitative estimate of drug-likeness (QED) is 0.487. The molecule has 0 radical (unpaired) electrons. The Morgan fingerprint density at radius 1 is 1.12 bits per heavy atom. The summed E-state index contributed by atoms with van der Waals surface area (Å²) in [5.74, 6) is -0.214. The summed E-state index contributed by atoms with van der Waals surface area (Å²) in [4.78, 5) is 23.6. The molecule has 1 aromatic rings. The highest BCUT2D eigenvalue weighted by Crippen LogP contribution is 2.22. The lowest BCUT2D eigenvalue weighted by molar-refractivity contribution is -0.139. The number of amides is 2. The second-order valence-electron chi connectivity index (χ2n) is 5.62. The fourth-order valence-electron chi connectivity index (χ4n) is 2.65. The van der Waals surface area contributed by atoms with Gasteiger partial charge in [0.15, 0.2) is 0 Å². The molecule has 1 aliphatic carbocycles. The molecule has 0 spiro atoms. The number of hydrazone groups is 1. The number of methoxy groups -OCH3 is 2. The van der Waals surface area contributed by atoms with Gasteiger partial charge in [-0.1, -0.05) is 19.3 Å². The van der Waals surface area contributed by atoms with Crippen LogP contribution in [-0.2, 0) is 9.59 Å². The molecule has 0 saturated heterocycles. The van der Waals surface area contributed by atoms with Crippen molar-refractivity contribution >= 4 is 18.0 Å². The van der Waals surface area contributed by atoms with Crippen LogP contribution in [-0.4, -0.2) is 38.3 Å². The van der Waals surface area contributed by atoms with Crippen LogP contribution >= 0.6 is 0 Å². The highest BCUT2D eigenvalue weighted by molar-refractivity contribution is 6.35. The Morgan fingerprint density at radius 2 is 1.88 bits per heavy atom. The average molecular weight is 333 g/mol. The summed E-state index contributed by atoms with van der Waals surface area (Å²) in [6, 6.07) is 5.29. The maximum atomic E-state index is 11.8. The summed E-state index contributed by atoms with van der Waals surface area (Å²) in [5, 5.41) is 6.56. The lowest BCUT2D eigenvalue weighted by atomic mass is 9.95. The van der Waals surface area contributed by atoms with E-state index in [4.69, 9.17) is 9.47 Å². The Bertz CT molecular complexity index is 610. The van der Waals surface area contributed by atoms with Crippen LogP contribution in [0.15, 0.2) is 23.3 Å². The van der Waals surface area contributed by atoms with Crippen LogP contribution in [0.2, 0.25) is 0 Å². The molecule has 0 heterocycles. The van der Waals surface area contributed by atoms with Crippen molar-refractivity contribution in [2.75, 3.05) is 14.2 Å². The number of nitrogens with one attached hydrogen (secondary N) is 2. The molecule has 0 unspecified atom stereocenters. The maximum Gasteiger partial charge on any atom is 0.329 e. The largest absolute Gasteiger partial charge is 0.497 e. The first kappa shape index (κ1) is 17.8. The monoisotopic (exact) mass is 333 g/mol. The van der Waals surface area contributed by atoms with E-state index in [2.05, 4.69) is 15.8 Å². The van der Waals surface area contributed by atoms with Crippen molar-refractivity contribution in [1.82, 2.24) is 10.7 Å². The van der Waals surface area contributed by atoms with Crippen LogP contribution in [0.5, 0.6) is 11.5 Å². The summed E-state index contributed by atoms with van der Waals surface area (Å²) < 4.78 is 10.3. The predicted octanol–water partition coefficient (Wildman–Crippen LogP) is 1.60. The standard InChI is InChI=1S/C17H23N3O4/c1-23-14-8-9-15(24-2)12(10-14)11-18-20-17(22)16(21)19-13-6-4-3-5-7-13/h8-11,13H,3-7H2,1-2H3,(H,19,21)(H,20,22)/b18-11-. The average Bonchev–Trinajstić information content (AvgIpc) is 2.62. The summed E-state index contributed by atoms with van der Waals surface area (Å²) in [6.07, 6.45) is 6.60. The normalized spacial score (nSPS) is 15.1. The van der Waals surface area contributed by atoms with E-state index in [9.17, 15) is 9.59 Å². The third-order valence-electron chi connectivity index (χ3n) is 3.95. The van der Waals surface area contributed by atoms with Crippen LogP contribution in [0.4, 0.5) is 0 Å². The smallest absolute Gasteiger partial charge is 0.329 e. The number of carbonyl (C=O) groups excluding carboxylic acids is 2. The minimum atomic E-state index is -0.779. The first-order valence-corrected chi connectivity index (χ1v) is 8.00. The first-order chi connectivity index (χ1) is 11.6. The van der Waals surface area contributed by atoms with Crippen molar-refractivity contribution in [2.45, 2.75) is 38.1 Å². The summed E-state index contributed by atoms with van der Waals surface area (Å²) in [5.41, 5.74) is 2.86. The molecule has 1 fully saturated rings. The van der Waals surface area contributed by atoms with Gasteiger partial charge in [-0.2, -0.15) is 5.10 Å². The number of rotatable bonds is 5. The number of hydrogen-bond acceptors (Lipinski definition) is 5. The summed E-state index contributed by atoms with van der Waals surface area (Å²) in [6.45, 7) is 0. The minimum absolute atomic E-state index is 0.0828. The van der Waals surface area contributed by atoms with Gasteiger partial charge in [0, 0.05) is 11.6 Å². The molecule has 1 aromatic carbocycles. The molecular formula is C17H23N3O4. The van der Waals surface area contributed by atoms with Gasteiger partial charge >= 0.3 is 11.8 Å². The van der Waals surface area contributed by atoms with Gasteiger partial charge in [-0.15, -0.1) is 0 Å². The van der Waals surface area contributed by atoms with Crippen LogP contribution < -0.4 is 20.2 Å². The van der Waals surface area contributed by atoms with Crippen molar-refractivity contribution in [3.8, 4) is 11.5 Å². The zero-order chi connectivity index (χ0) is 17.4. The molecule has 7 heteroatoms. The second-order valence-corrected chi connectivity index (χ2v) is 5.62. The molecule has 0 aromatic heterocycles. The van der Waals surface area contributed by atoms with Crippen molar-refractivity contribution in [3.05, 3.63) is 23.8 Å². The third kappa shape index (κ3) is 4.97. The van der Waals surface area contributed by atoms with Crippen molar-refractivity contribution in [1.29, 1.82) is 0 Å². The number of hydrogen-bond donors (Lipinski definition) is 2. The van der Waals surface area contributed by atoms with Crippen molar-refractivity contribution in [3.63, 3.8) is 0 Å². The Morgan fingerprint density at radius 3 is 2.54 bits per heavy atom.